The molecule has 0 spiro atoms. The molecule has 0 aliphatic rings. The molecule has 7 heteroatoms. The average Bonchev–Trinajstić information content (AvgIpc) is 2.55. The first-order chi connectivity index (χ1) is 11.0. The third kappa shape index (κ3) is 8.18. The summed E-state index contributed by atoms with van der Waals surface area (Å²) in [5.74, 6) is -0.923. The molecular formula is C16H24N2O5. The molecule has 0 heterocycles. The van der Waals surface area contributed by atoms with Gasteiger partial charge in [0, 0.05) is 27.2 Å². The van der Waals surface area contributed by atoms with E-state index in [4.69, 9.17) is 14.6 Å². The van der Waals surface area contributed by atoms with Crippen molar-refractivity contribution in [2.75, 3.05) is 33.9 Å². The number of rotatable bonds is 10. The number of nitrogens with one attached hydrogen (secondary N) is 1. The fourth-order valence-corrected chi connectivity index (χ4v) is 1.76. The zero-order valence-electron chi connectivity index (χ0n) is 13.6. The summed E-state index contributed by atoms with van der Waals surface area (Å²) in [7, 11) is 3.20. The number of aliphatic carboxylic acids is 1. The van der Waals surface area contributed by atoms with Gasteiger partial charge < -0.3 is 24.8 Å². The first-order valence-electron chi connectivity index (χ1n) is 7.38. The molecule has 23 heavy (non-hydrogen) atoms. The molecule has 0 radical (unpaired) electrons. The van der Waals surface area contributed by atoms with E-state index in [1.54, 1.807) is 14.2 Å². The smallest absolute Gasteiger partial charge is 0.317 e. The van der Waals surface area contributed by atoms with Crippen molar-refractivity contribution in [3.05, 3.63) is 35.4 Å². The van der Waals surface area contributed by atoms with Crippen LogP contribution in [0.4, 0.5) is 4.79 Å². The van der Waals surface area contributed by atoms with Crippen LogP contribution in [-0.4, -0.2) is 55.9 Å². The Balaban J connectivity index is 2.31. The molecule has 0 unspecified atom stereocenters. The van der Waals surface area contributed by atoms with Gasteiger partial charge in [0.05, 0.1) is 26.2 Å². The van der Waals surface area contributed by atoms with E-state index in [0.29, 0.717) is 26.4 Å². The van der Waals surface area contributed by atoms with Crippen LogP contribution < -0.4 is 5.32 Å². The summed E-state index contributed by atoms with van der Waals surface area (Å²) in [4.78, 5) is 23.6. The number of hydrogen-bond donors (Lipinski definition) is 2. The van der Waals surface area contributed by atoms with Crippen molar-refractivity contribution in [3.63, 3.8) is 0 Å². The molecule has 1 rings (SSSR count). The van der Waals surface area contributed by atoms with Gasteiger partial charge in [-0.3, -0.25) is 4.79 Å². The molecule has 128 valence electrons. The van der Waals surface area contributed by atoms with Crippen LogP contribution in [0.25, 0.3) is 0 Å². The fraction of sp³-hybridized carbons (Fsp3) is 0.500. The SMILES string of the molecule is COCCOCc1ccc(CNC(=O)N(C)CCC(=O)O)cc1. The maximum Gasteiger partial charge on any atom is 0.317 e. The van der Waals surface area contributed by atoms with Crippen LogP contribution in [0.2, 0.25) is 0 Å². The van der Waals surface area contributed by atoms with Crippen LogP contribution in [0.1, 0.15) is 17.5 Å². The summed E-state index contributed by atoms with van der Waals surface area (Å²) < 4.78 is 10.3. The second-order valence-electron chi connectivity index (χ2n) is 5.09. The minimum absolute atomic E-state index is 0.0678. The number of carboxylic acids is 1. The molecule has 2 N–H and O–H groups in total. The van der Waals surface area contributed by atoms with Crippen LogP contribution in [0, 0.1) is 0 Å². The van der Waals surface area contributed by atoms with Crippen LogP contribution in [0.5, 0.6) is 0 Å². The maximum absolute atomic E-state index is 11.8. The molecule has 7 nitrogen and oxygen atoms in total. The molecule has 0 aromatic heterocycles. The van der Waals surface area contributed by atoms with Gasteiger partial charge in [-0.25, -0.2) is 4.79 Å². The Morgan fingerprint density at radius 3 is 2.43 bits per heavy atom. The van der Waals surface area contributed by atoms with E-state index >= 15 is 0 Å². The zero-order valence-corrected chi connectivity index (χ0v) is 13.6. The molecule has 0 aliphatic heterocycles. The highest BCUT2D eigenvalue weighted by molar-refractivity contribution is 5.75. The number of carboxylic acid groups (broad SMARTS) is 1. The predicted molar refractivity (Wildman–Crippen MR) is 85.1 cm³/mol. The number of benzene rings is 1. The summed E-state index contributed by atoms with van der Waals surface area (Å²) in [5, 5.41) is 11.3. The molecule has 1 aromatic carbocycles. The number of ether oxygens (including phenoxy) is 2. The van der Waals surface area contributed by atoms with Gasteiger partial charge in [0.1, 0.15) is 0 Å². The van der Waals surface area contributed by atoms with Crippen molar-refractivity contribution < 1.29 is 24.2 Å². The fourth-order valence-electron chi connectivity index (χ4n) is 1.76. The largest absolute Gasteiger partial charge is 0.481 e. The molecular weight excluding hydrogens is 300 g/mol. The monoisotopic (exact) mass is 324 g/mol. The average molecular weight is 324 g/mol. The molecule has 2 amide bonds. The van der Waals surface area contributed by atoms with Crippen LogP contribution >= 0.6 is 0 Å². The van der Waals surface area contributed by atoms with Gasteiger partial charge in [0.2, 0.25) is 0 Å². The van der Waals surface area contributed by atoms with Gasteiger partial charge in [0.15, 0.2) is 0 Å². The number of methoxy groups -OCH3 is 1. The highest BCUT2D eigenvalue weighted by Gasteiger charge is 2.09. The minimum atomic E-state index is -0.923. The first kappa shape index (κ1) is 18.9. The number of nitrogens with zero attached hydrogens (tertiary/aromatic N) is 1. The van der Waals surface area contributed by atoms with E-state index in [0.717, 1.165) is 11.1 Å². The van der Waals surface area contributed by atoms with Gasteiger partial charge in [-0.15, -0.1) is 0 Å². The minimum Gasteiger partial charge on any atom is -0.481 e. The number of amides is 2. The van der Waals surface area contributed by atoms with E-state index < -0.39 is 5.97 Å². The van der Waals surface area contributed by atoms with E-state index in [-0.39, 0.29) is 19.0 Å². The van der Waals surface area contributed by atoms with Crippen molar-refractivity contribution in [2.24, 2.45) is 0 Å². The molecule has 0 aliphatic carbocycles. The van der Waals surface area contributed by atoms with Crippen LogP contribution in [0.3, 0.4) is 0 Å². The first-order valence-corrected chi connectivity index (χ1v) is 7.38. The second-order valence-corrected chi connectivity index (χ2v) is 5.09. The van der Waals surface area contributed by atoms with Gasteiger partial charge in [0.25, 0.3) is 0 Å². The Morgan fingerprint density at radius 1 is 1.17 bits per heavy atom. The normalized spacial score (nSPS) is 10.3. The van der Waals surface area contributed by atoms with Gasteiger partial charge >= 0.3 is 12.0 Å². The lowest BCUT2D eigenvalue weighted by molar-refractivity contribution is -0.137. The molecule has 0 saturated heterocycles. The number of carbonyl (C=O) groups is 2. The Morgan fingerprint density at radius 2 is 1.83 bits per heavy atom. The van der Waals surface area contributed by atoms with Gasteiger partial charge in [-0.2, -0.15) is 0 Å². The van der Waals surface area contributed by atoms with Crippen molar-refractivity contribution in [2.45, 2.75) is 19.6 Å². The summed E-state index contributed by atoms with van der Waals surface area (Å²) >= 11 is 0. The number of carbonyl (C=O) groups excluding carboxylic acids is 1. The highest BCUT2D eigenvalue weighted by Crippen LogP contribution is 2.06. The Kier molecular flexibility index (Phi) is 8.71. The van der Waals surface area contributed by atoms with Crippen LogP contribution in [0.15, 0.2) is 24.3 Å². The molecule has 0 fully saturated rings. The summed E-state index contributed by atoms with van der Waals surface area (Å²) in [5.41, 5.74) is 2.01. The Labute approximate surface area is 136 Å². The molecule has 1 aromatic rings. The highest BCUT2D eigenvalue weighted by atomic mass is 16.5. The van der Waals surface area contributed by atoms with E-state index in [9.17, 15) is 9.59 Å². The van der Waals surface area contributed by atoms with Crippen LogP contribution in [-0.2, 0) is 27.4 Å². The van der Waals surface area contributed by atoms with E-state index in [1.807, 2.05) is 24.3 Å². The third-order valence-corrected chi connectivity index (χ3v) is 3.18. The lowest BCUT2D eigenvalue weighted by atomic mass is 10.1. The Hall–Kier alpha value is -2.12. The standard InChI is InChI=1S/C16H24N2O5/c1-18(8-7-15(19)20)16(21)17-11-13-3-5-14(6-4-13)12-23-10-9-22-2/h3-6H,7-12H2,1-2H3,(H,17,21)(H,19,20). The Bertz CT molecular complexity index is 490. The maximum atomic E-state index is 11.8. The molecule has 0 bridgehead atoms. The van der Waals surface area contributed by atoms with E-state index in [1.165, 1.54) is 4.90 Å². The topological polar surface area (TPSA) is 88.1 Å². The van der Waals surface area contributed by atoms with Gasteiger partial charge in [-0.1, -0.05) is 24.3 Å². The van der Waals surface area contributed by atoms with E-state index in [2.05, 4.69) is 5.32 Å². The lowest BCUT2D eigenvalue weighted by Gasteiger charge is -2.17. The second kappa shape index (κ2) is 10.6. The molecule has 0 saturated carbocycles. The van der Waals surface area contributed by atoms with Crippen molar-refractivity contribution in [3.8, 4) is 0 Å². The van der Waals surface area contributed by atoms with Crippen molar-refractivity contribution >= 4 is 12.0 Å². The van der Waals surface area contributed by atoms with Gasteiger partial charge in [-0.05, 0) is 11.1 Å². The number of urea groups is 1. The lowest BCUT2D eigenvalue weighted by Crippen LogP contribution is -2.37. The quantitative estimate of drug-likeness (QED) is 0.636. The summed E-state index contributed by atoms with van der Waals surface area (Å²) in [6.45, 7) is 2.21. The summed E-state index contributed by atoms with van der Waals surface area (Å²) in [6, 6.07) is 7.45. The number of hydrogen-bond acceptors (Lipinski definition) is 4. The molecule has 0 atom stereocenters. The van der Waals surface area contributed by atoms with Crippen molar-refractivity contribution in [1.29, 1.82) is 0 Å². The van der Waals surface area contributed by atoms with Crippen molar-refractivity contribution in [1.82, 2.24) is 10.2 Å². The summed E-state index contributed by atoms with van der Waals surface area (Å²) in [6.07, 6.45) is -0.0678. The third-order valence-electron chi connectivity index (χ3n) is 3.18. The zero-order chi connectivity index (χ0) is 17.1. The predicted octanol–water partition coefficient (Wildman–Crippen LogP) is 1.47.